The van der Waals surface area contributed by atoms with E-state index in [-0.39, 0.29) is 17.8 Å². The normalized spacial score (nSPS) is 20.4. The first-order valence-electron chi connectivity index (χ1n) is 6.18. The van der Waals surface area contributed by atoms with Gasteiger partial charge in [0.05, 0.1) is 6.20 Å². The first kappa shape index (κ1) is 11.8. The summed E-state index contributed by atoms with van der Waals surface area (Å²) in [6, 6.07) is 3.56. The predicted molar refractivity (Wildman–Crippen MR) is 71.1 cm³/mol. The number of rotatable bonds is 2. The minimum Gasteiger partial charge on any atom is -0.323 e. The summed E-state index contributed by atoms with van der Waals surface area (Å²) in [5.74, 6) is -0.0655. The number of nitrogens with two attached hydrogens (primary N) is 1. The second-order valence-corrected chi connectivity index (χ2v) is 5.72. The summed E-state index contributed by atoms with van der Waals surface area (Å²) in [6.45, 7) is 0. The van der Waals surface area contributed by atoms with E-state index in [4.69, 9.17) is 5.73 Å². The number of nitrogens with zero attached hydrogens (tertiary/aromatic N) is 1. The van der Waals surface area contributed by atoms with Crippen molar-refractivity contribution in [2.45, 2.75) is 31.2 Å². The van der Waals surface area contributed by atoms with E-state index < -0.39 is 0 Å². The van der Waals surface area contributed by atoms with Crippen LogP contribution in [0, 0.1) is 5.82 Å². The van der Waals surface area contributed by atoms with E-state index in [2.05, 4.69) is 16.4 Å². The number of halogens is 1. The second-order valence-electron chi connectivity index (χ2n) is 4.72. The topological polar surface area (TPSA) is 38.9 Å². The number of aryl methyl sites for hydroxylation is 1. The van der Waals surface area contributed by atoms with E-state index in [0.717, 1.165) is 19.3 Å². The maximum Gasteiger partial charge on any atom is 0.146 e. The molecule has 0 radical (unpaired) electrons. The summed E-state index contributed by atoms with van der Waals surface area (Å²) in [6.07, 6.45) is 6.16. The molecule has 2 unspecified atom stereocenters. The third-order valence-corrected chi connectivity index (χ3v) is 4.69. The van der Waals surface area contributed by atoms with Gasteiger partial charge in [0.2, 0.25) is 0 Å². The van der Waals surface area contributed by atoms with Gasteiger partial charge < -0.3 is 5.73 Å². The predicted octanol–water partition coefficient (Wildman–Crippen LogP) is 3.40. The van der Waals surface area contributed by atoms with Crippen LogP contribution in [0.15, 0.2) is 29.9 Å². The van der Waals surface area contributed by atoms with Crippen molar-refractivity contribution < 1.29 is 4.39 Å². The molecule has 2 aromatic heterocycles. The fourth-order valence-electron chi connectivity index (χ4n) is 2.77. The number of thiophene rings is 1. The van der Waals surface area contributed by atoms with E-state index in [9.17, 15) is 4.39 Å². The van der Waals surface area contributed by atoms with E-state index >= 15 is 0 Å². The molecular formula is C14H15FN2S. The molecule has 2 aromatic rings. The van der Waals surface area contributed by atoms with Gasteiger partial charge in [-0.05, 0) is 42.3 Å². The Hall–Kier alpha value is -1.26. The maximum atomic E-state index is 13.8. The number of aromatic nitrogens is 1. The molecule has 0 aromatic carbocycles. The van der Waals surface area contributed by atoms with Gasteiger partial charge >= 0.3 is 0 Å². The molecule has 0 aliphatic heterocycles. The van der Waals surface area contributed by atoms with E-state index in [1.165, 1.54) is 16.6 Å². The highest BCUT2D eigenvalue weighted by molar-refractivity contribution is 7.10. The Balaban J connectivity index is 1.95. The van der Waals surface area contributed by atoms with Crippen LogP contribution >= 0.6 is 11.3 Å². The molecule has 2 N–H and O–H groups in total. The number of hydrogen-bond donors (Lipinski definition) is 1. The van der Waals surface area contributed by atoms with Crippen molar-refractivity contribution in [3.63, 3.8) is 0 Å². The largest absolute Gasteiger partial charge is 0.323 e. The first-order valence-corrected chi connectivity index (χ1v) is 7.06. The van der Waals surface area contributed by atoms with Crippen molar-refractivity contribution in [3.05, 3.63) is 51.7 Å². The summed E-state index contributed by atoms with van der Waals surface area (Å²) >= 11 is 1.78. The summed E-state index contributed by atoms with van der Waals surface area (Å²) in [5.41, 5.74) is 8.17. The van der Waals surface area contributed by atoms with Gasteiger partial charge in [0, 0.05) is 28.6 Å². The average Bonchev–Trinajstić information content (AvgIpc) is 2.86. The molecule has 0 saturated carbocycles. The molecule has 0 fully saturated rings. The highest BCUT2D eigenvalue weighted by Crippen LogP contribution is 2.41. The van der Waals surface area contributed by atoms with Crippen LogP contribution in [0.25, 0.3) is 0 Å². The molecule has 2 heterocycles. The first-order chi connectivity index (χ1) is 8.77. The molecule has 18 heavy (non-hydrogen) atoms. The van der Waals surface area contributed by atoms with Crippen LogP contribution in [-0.4, -0.2) is 4.98 Å². The van der Waals surface area contributed by atoms with E-state index in [1.807, 2.05) is 0 Å². The Kier molecular flexibility index (Phi) is 3.14. The Morgan fingerprint density at radius 2 is 2.33 bits per heavy atom. The zero-order valence-electron chi connectivity index (χ0n) is 9.97. The van der Waals surface area contributed by atoms with Gasteiger partial charge in [-0.25, -0.2) is 4.39 Å². The second kappa shape index (κ2) is 4.78. The molecule has 0 saturated heterocycles. The van der Waals surface area contributed by atoms with E-state index in [1.54, 1.807) is 23.6 Å². The van der Waals surface area contributed by atoms with Gasteiger partial charge in [-0.1, -0.05) is 0 Å². The fraction of sp³-hybridized carbons (Fsp3) is 0.357. The lowest BCUT2D eigenvalue weighted by Crippen LogP contribution is -2.23. The Morgan fingerprint density at radius 3 is 3.17 bits per heavy atom. The highest BCUT2D eigenvalue weighted by Gasteiger charge is 2.28. The number of pyridine rings is 1. The van der Waals surface area contributed by atoms with Crippen LogP contribution in [0.5, 0.6) is 0 Å². The lowest BCUT2D eigenvalue weighted by Gasteiger charge is -2.28. The summed E-state index contributed by atoms with van der Waals surface area (Å²) in [7, 11) is 0. The van der Waals surface area contributed by atoms with Gasteiger partial charge in [-0.15, -0.1) is 11.3 Å². The molecule has 1 aliphatic carbocycles. The minimum absolute atomic E-state index is 0.233. The molecule has 4 heteroatoms. The molecule has 2 atom stereocenters. The molecule has 0 bridgehead atoms. The van der Waals surface area contributed by atoms with Crippen molar-refractivity contribution >= 4 is 11.3 Å². The monoisotopic (exact) mass is 262 g/mol. The molecule has 94 valence electrons. The number of hydrogen-bond acceptors (Lipinski definition) is 3. The van der Waals surface area contributed by atoms with Gasteiger partial charge in [0.25, 0.3) is 0 Å². The Labute approximate surface area is 110 Å². The third kappa shape index (κ3) is 1.95. The van der Waals surface area contributed by atoms with Gasteiger partial charge in [-0.3, -0.25) is 4.98 Å². The fourth-order valence-corrected chi connectivity index (χ4v) is 3.76. The van der Waals surface area contributed by atoms with Crippen LogP contribution in [0.3, 0.4) is 0 Å². The Morgan fingerprint density at radius 1 is 1.44 bits per heavy atom. The van der Waals surface area contributed by atoms with Crippen molar-refractivity contribution in [2.24, 2.45) is 5.73 Å². The van der Waals surface area contributed by atoms with Gasteiger partial charge in [0.15, 0.2) is 0 Å². The van der Waals surface area contributed by atoms with Crippen LogP contribution < -0.4 is 5.73 Å². The molecule has 0 amide bonds. The maximum absolute atomic E-state index is 13.8. The lowest BCUT2D eigenvalue weighted by atomic mass is 9.80. The Bertz CT molecular complexity index is 552. The number of fused-ring (bicyclic) bond motifs is 1. The SMILES string of the molecule is NC(c1ccncc1F)C1CCCc2sccc21. The average molecular weight is 262 g/mol. The van der Waals surface area contributed by atoms with E-state index in [0.29, 0.717) is 5.56 Å². The third-order valence-electron chi connectivity index (χ3n) is 3.69. The summed E-state index contributed by atoms with van der Waals surface area (Å²) in [4.78, 5) is 5.19. The zero-order valence-corrected chi connectivity index (χ0v) is 10.8. The van der Waals surface area contributed by atoms with Crippen molar-refractivity contribution in [3.8, 4) is 0 Å². The quantitative estimate of drug-likeness (QED) is 0.901. The standard InChI is InChI=1S/C14H15FN2S/c15-12-8-17-6-4-11(12)14(16)10-2-1-3-13-9(10)5-7-18-13/h4-8,10,14H,1-3,16H2. The molecular weight excluding hydrogens is 247 g/mol. The van der Waals surface area contributed by atoms with Crippen molar-refractivity contribution in [2.75, 3.05) is 0 Å². The zero-order chi connectivity index (χ0) is 12.5. The van der Waals surface area contributed by atoms with Crippen molar-refractivity contribution in [1.29, 1.82) is 0 Å². The van der Waals surface area contributed by atoms with Gasteiger partial charge in [0.1, 0.15) is 5.82 Å². The van der Waals surface area contributed by atoms with Crippen molar-refractivity contribution in [1.82, 2.24) is 4.98 Å². The molecule has 0 spiro atoms. The van der Waals surface area contributed by atoms with Crippen LogP contribution in [0.1, 0.15) is 40.8 Å². The van der Waals surface area contributed by atoms with Gasteiger partial charge in [-0.2, -0.15) is 0 Å². The lowest BCUT2D eigenvalue weighted by molar-refractivity contribution is 0.460. The minimum atomic E-state index is -0.299. The molecule has 1 aliphatic rings. The van der Waals surface area contributed by atoms with Crippen LogP contribution in [0.2, 0.25) is 0 Å². The van der Waals surface area contributed by atoms with Crippen LogP contribution in [-0.2, 0) is 6.42 Å². The summed E-state index contributed by atoms with van der Waals surface area (Å²) < 4.78 is 13.8. The van der Waals surface area contributed by atoms with Crippen LogP contribution in [0.4, 0.5) is 4.39 Å². The molecule has 3 rings (SSSR count). The smallest absolute Gasteiger partial charge is 0.146 e. The highest BCUT2D eigenvalue weighted by atomic mass is 32.1. The summed E-state index contributed by atoms with van der Waals surface area (Å²) in [5, 5.41) is 2.11. The molecule has 2 nitrogen and oxygen atoms in total.